The molecule has 0 bridgehead atoms. The number of anilines is 1. The summed E-state index contributed by atoms with van der Waals surface area (Å²) in [6.45, 7) is 8.00. The van der Waals surface area contributed by atoms with E-state index >= 15 is 0 Å². The topological polar surface area (TPSA) is 89.6 Å². The van der Waals surface area contributed by atoms with Crippen molar-refractivity contribution >= 4 is 45.1 Å². The van der Waals surface area contributed by atoms with Crippen LogP contribution in [0.1, 0.15) is 43.7 Å². The summed E-state index contributed by atoms with van der Waals surface area (Å²) in [4.78, 5) is 19.7. The molecule has 0 aliphatic heterocycles. The third kappa shape index (κ3) is 8.62. The van der Waals surface area contributed by atoms with Crippen LogP contribution in [-0.4, -0.2) is 30.6 Å². The molecular weight excluding hydrogens is 482 g/mol. The second-order valence-corrected chi connectivity index (χ2v) is 6.35. The third-order valence-electron chi connectivity index (χ3n) is 3.23. The lowest BCUT2D eigenvalue weighted by Crippen LogP contribution is -2.18. The van der Waals surface area contributed by atoms with Gasteiger partial charge in [-0.05, 0) is 33.6 Å². The Morgan fingerprint density at radius 1 is 1.27 bits per heavy atom. The molecule has 0 saturated heterocycles. The molecule has 2 aromatic rings. The highest BCUT2D eigenvalue weighted by Crippen LogP contribution is 2.22. The molecule has 1 aromatic heterocycles. The maximum absolute atomic E-state index is 13.9. The number of halogens is 4. The van der Waals surface area contributed by atoms with Crippen LogP contribution in [0.4, 0.5) is 14.5 Å². The zero-order valence-electron chi connectivity index (χ0n) is 17.5. The van der Waals surface area contributed by atoms with E-state index in [-0.39, 0.29) is 41.0 Å². The molecule has 0 aliphatic rings. The van der Waals surface area contributed by atoms with Crippen molar-refractivity contribution in [1.82, 2.24) is 4.98 Å². The zero-order valence-corrected chi connectivity index (χ0v) is 19.9. The van der Waals surface area contributed by atoms with Crippen LogP contribution < -0.4 is 11.1 Å². The van der Waals surface area contributed by atoms with Crippen molar-refractivity contribution in [3.8, 4) is 0 Å². The molecule has 30 heavy (non-hydrogen) atoms. The van der Waals surface area contributed by atoms with Crippen LogP contribution >= 0.6 is 27.5 Å². The first-order valence-corrected chi connectivity index (χ1v) is 10.4. The second-order valence-electron chi connectivity index (χ2n) is 5.03. The van der Waals surface area contributed by atoms with E-state index in [9.17, 15) is 13.6 Å². The molecular formula is C20H26BrClF2N4O2. The average molecular weight is 508 g/mol. The predicted molar refractivity (Wildman–Crippen MR) is 121 cm³/mol. The van der Waals surface area contributed by atoms with Gasteiger partial charge in [-0.3, -0.25) is 4.79 Å². The van der Waals surface area contributed by atoms with E-state index in [0.29, 0.717) is 4.47 Å². The number of hydrogen-bond donors (Lipinski definition) is 2. The lowest BCUT2D eigenvalue weighted by Gasteiger charge is -2.11. The number of carbonyl (C=O) groups is 1. The fourth-order valence-corrected chi connectivity index (χ4v) is 2.72. The van der Waals surface area contributed by atoms with Gasteiger partial charge in [-0.15, -0.1) is 0 Å². The number of aliphatic imine (C=N–C) groups is 1. The summed E-state index contributed by atoms with van der Waals surface area (Å²) in [7, 11) is 1.44. The normalized spacial score (nSPS) is 10.2. The first-order chi connectivity index (χ1) is 14.3. The summed E-state index contributed by atoms with van der Waals surface area (Å²) >= 11 is 9.14. The van der Waals surface area contributed by atoms with Crippen LogP contribution in [0.5, 0.6) is 0 Å². The molecule has 0 saturated carbocycles. The minimum atomic E-state index is -1.11. The smallest absolute Gasteiger partial charge is 0.281 e. The van der Waals surface area contributed by atoms with E-state index < -0.39 is 17.5 Å². The number of nitrogens with two attached hydrogens (primary N) is 1. The van der Waals surface area contributed by atoms with Crippen molar-refractivity contribution in [2.24, 2.45) is 10.7 Å². The molecule has 0 unspecified atom stereocenters. The Balaban J connectivity index is 0.00000198. The lowest BCUT2D eigenvalue weighted by molar-refractivity contribution is 0.102. The fraction of sp³-hybridized carbons (Fsp3) is 0.350. The van der Waals surface area contributed by atoms with Gasteiger partial charge in [0.15, 0.2) is 11.6 Å². The summed E-state index contributed by atoms with van der Waals surface area (Å²) in [5, 5.41) is 2.55. The van der Waals surface area contributed by atoms with Gasteiger partial charge in [0.2, 0.25) is 0 Å². The van der Waals surface area contributed by atoms with Gasteiger partial charge in [0.1, 0.15) is 5.69 Å². The van der Waals surface area contributed by atoms with E-state index in [4.69, 9.17) is 22.1 Å². The minimum absolute atomic E-state index is 0.00295. The Morgan fingerprint density at radius 3 is 2.47 bits per heavy atom. The summed E-state index contributed by atoms with van der Waals surface area (Å²) in [6, 6.07) is 3.60. The highest BCUT2D eigenvalue weighted by atomic mass is 79.9. The standard InChI is InChI=1S/C16H14BrClF2N4O2.2C2H6/c1-22-16(21)26-3-2-8-4-10(6-12(19)13(8)20)24-15(25)14-11(18)5-9(17)7-23-14;2*1-2/h4-7H,2-3H2,1H3,(H2,21,22)(H,24,25);2*1-2H3. The Bertz CT molecular complexity index is 867. The minimum Gasteiger partial charge on any atom is -0.465 e. The van der Waals surface area contributed by atoms with Crippen LogP contribution in [0.15, 0.2) is 33.9 Å². The summed E-state index contributed by atoms with van der Waals surface area (Å²) < 4.78 is 33.4. The monoisotopic (exact) mass is 506 g/mol. The van der Waals surface area contributed by atoms with E-state index in [1.807, 2.05) is 27.7 Å². The SMILES string of the molecule is CC.CC.CN=C(N)OCCc1cc(NC(=O)c2ncc(Br)cc2Cl)cc(F)c1F. The van der Waals surface area contributed by atoms with Crippen molar-refractivity contribution in [3.63, 3.8) is 0 Å². The number of nitrogens with one attached hydrogen (secondary N) is 1. The van der Waals surface area contributed by atoms with Crippen LogP contribution in [0.3, 0.4) is 0 Å². The van der Waals surface area contributed by atoms with Crippen LogP contribution in [-0.2, 0) is 11.2 Å². The van der Waals surface area contributed by atoms with Gasteiger partial charge in [-0.25, -0.2) is 18.8 Å². The maximum atomic E-state index is 13.9. The summed E-state index contributed by atoms with van der Waals surface area (Å²) in [5.41, 5.74) is 5.40. The number of amidine groups is 1. The maximum Gasteiger partial charge on any atom is 0.281 e. The summed E-state index contributed by atoms with van der Waals surface area (Å²) in [6.07, 6.45) is 1.43. The van der Waals surface area contributed by atoms with Gasteiger partial charge in [-0.1, -0.05) is 39.3 Å². The lowest BCUT2D eigenvalue weighted by atomic mass is 10.1. The molecule has 166 valence electrons. The van der Waals surface area contributed by atoms with Gasteiger partial charge >= 0.3 is 0 Å². The highest BCUT2D eigenvalue weighted by Gasteiger charge is 2.16. The molecule has 0 fully saturated rings. The van der Waals surface area contributed by atoms with Crippen LogP contribution in [0.2, 0.25) is 5.02 Å². The van der Waals surface area contributed by atoms with E-state index in [2.05, 4.69) is 31.2 Å². The number of rotatable bonds is 5. The molecule has 1 heterocycles. The number of pyridine rings is 1. The molecule has 6 nitrogen and oxygen atoms in total. The summed E-state index contributed by atoms with van der Waals surface area (Å²) in [5.74, 6) is -2.79. The molecule has 3 N–H and O–H groups in total. The molecule has 0 spiro atoms. The third-order valence-corrected chi connectivity index (χ3v) is 3.95. The van der Waals surface area contributed by atoms with Gasteiger partial charge < -0.3 is 15.8 Å². The Labute approximate surface area is 189 Å². The van der Waals surface area contributed by atoms with Crippen LogP contribution in [0.25, 0.3) is 0 Å². The molecule has 2 rings (SSSR count). The van der Waals surface area contributed by atoms with Gasteiger partial charge in [0.25, 0.3) is 11.9 Å². The number of ether oxygens (including phenoxy) is 1. The van der Waals surface area contributed by atoms with Gasteiger partial charge in [0, 0.05) is 35.9 Å². The number of amides is 1. The van der Waals surface area contributed by atoms with E-state index in [1.165, 1.54) is 25.4 Å². The predicted octanol–water partition coefficient (Wildman–Crippen LogP) is 5.58. The van der Waals surface area contributed by atoms with Crippen LogP contribution in [0, 0.1) is 11.6 Å². The second kappa shape index (κ2) is 14.7. The van der Waals surface area contributed by atoms with E-state index in [0.717, 1.165) is 6.07 Å². The van der Waals surface area contributed by atoms with E-state index in [1.54, 1.807) is 0 Å². The van der Waals surface area contributed by atoms with Crippen molar-refractivity contribution < 1.29 is 18.3 Å². The number of benzene rings is 1. The fourth-order valence-electron chi connectivity index (χ4n) is 2.00. The average Bonchev–Trinajstić information content (AvgIpc) is 2.74. The van der Waals surface area contributed by atoms with Crippen molar-refractivity contribution in [3.05, 3.63) is 56.8 Å². The number of carbonyl (C=O) groups excluding carboxylic acids is 1. The molecule has 0 radical (unpaired) electrons. The molecule has 0 atom stereocenters. The number of nitrogens with zero attached hydrogens (tertiary/aromatic N) is 2. The Morgan fingerprint density at radius 2 is 1.90 bits per heavy atom. The Kier molecular flexibility index (Phi) is 13.6. The largest absolute Gasteiger partial charge is 0.465 e. The quantitative estimate of drug-likeness (QED) is 0.408. The van der Waals surface area contributed by atoms with Crippen molar-refractivity contribution in [1.29, 1.82) is 0 Å². The molecule has 1 amide bonds. The van der Waals surface area contributed by atoms with Crippen molar-refractivity contribution in [2.75, 3.05) is 19.0 Å². The van der Waals surface area contributed by atoms with Crippen molar-refractivity contribution in [2.45, 2.75) is 34.1 Å². The molecule has 0 aliphatic carbocycles. The molecule has 1 aromatic carbocycles. The molecule has 10 heteroatoms. The first kappa shape index (κ1) is 27.7. The highest BCUT2D eigenvalue weighted by molar-refractivity contribution is 9.10. The number of hydrogen-bond acceptors (Lipinski definition) is 4. The Hall–Kier alpha value is -2.26. The van der Waals surface area contributed by atoms with Gasteiger partial charge in [-0.2, -0.15) is 0 Å². The first-order valence-electron chi connectivity index (χ1n) is 9.27. The number of aromatic nitrogens is 1. The zero-order chi connectivity index (χ0) is 23.3. The van der Waals surface area contributed by atoms with Gasteiger partial charge in [0.05, 0.1) is 11.6 Å².